The van der Waals surface area contributed by atoms with Crippen molar-refractivity contribution in [1.82, 2.24) is 10.2 Å². The first-order chi connectivity index (χ1) is 11.3. The summed E-state index contributed by atoms with van der Waals surface area (Å²) < 4.78 is 5.76. The molecule has 1 aromatic rings. The Bertz CT molecular complexity index is 517. The highest BCUT2D eigenvalue weighted by atomic mass is 32.2. The molecule has 1 aromatic carbocycles. The van der Waals surface area contributed by atoms with Gasteiger partial charge in [-0.15, -0.1) is 0 Å². The first-order valence-electron chi connectivity index (χ1n) is 8.59. The summed E-state index contributed by atoms with van der Waals surface area (Å²) in [7, 11) is 0. The Morgan fingerprint density at radius 3 is 3.00 bits per heavy atom. The molecular weight excluding hydrogens is 308 g/mol. The summed E-state index contributed by atoms with van der Waals surface area (Å²) in [5, 5.41) is 3.06. The summed E-state index contributed by atoms with van der Waals surface area (Å²) in [5.74, 6) is 3.14. The predicted molar refractivity (Wildman–Crippen MR) is 95.1 cm³/mol. The van der Waals surface area contributed by atoms with Gasteiger partial charge in [0.1, 0.15) is 5.75 Å². The second-order valence-electron chi connectivity index (χ2n) is 6.39. The molecule has 1 fully saturated rings. The number of carbonyl (C=O) groups excluding carboxylic acids is 1. The normalized spacial score (nSPS) is 20.8. The molecule has 0 radical (unpaired) electrons. The van der Waals surface area contributed by atoms with Crippen LogP contribution in [-0.2, 0) is 11.2 Å². The van der Waals surface area contributed by atoms with E-state index >= 15 is 0 Å². The minimum Gasteiger partial charge on any atom is -0.493 e. The molecule has 0 aliphatic carbocycles. The van der Waals surface area contributed by atoms with Crippen molar-refractivity contribution in [3.8, 4) is 5.75 Å². The Morgan fingerprint density at radius 2 is 2.13 bits per heavy atom. The lowest BCUT2D eigenvalue weighted by Crippen LogP contribution is -2.35. The molecular formula is C18H26N2O2S. The van der Waals surface area contributed by atoms with Gasteiger partial charge in [-0.25, -0.2) is 0 Å². The number of amides is 1. The van der Waals surface area contributed by atoms with E-state index in [-0.39, 0.29) is 5.91 Å². The maximum absolute atomic E-state index is 11.9. The SMILES string of the molecule is O=C(CSCCN1CCCC1)NC[C@@H]1COc2ccccc2C1. The maximum Gasteiger partial charge on any atom is 0.230 e. The molecule has 1 saturated heterocycles. The van der Waals surface area contributed by atoms with Crippen LogP contribution in [0, 0.1) is 5.92 Å². The molecule has 0 aromatic heterocycles. The molecule has 1 amide bonds. The second kappa shape index (κ2) is 8.60. The van der Waals surface area contributed by atoms with E-state index < -0.39 is 0 Å². The van der Waals surface area contributed by atoms with Crippen LogP contribution in [0.25, 0.3) is 0 Å². The number of rotatable bonds is 7. The Hall–Kier alpha value is -1.20. The van der Waals surface area contributed by atoms with Crippen LogP contribution < -0.4 is 10.1 Å². The van der Waals surface area contributed by atoms with Crippen LogP contribution in [0.1, 0.15) is 18.4 Å². The van der Waals surface area contributed by atoms with Crippen LogP contribution in [0.15, 0.2) is 24.3 Å². The van der Waals surface area contributed by atoms with Gasteiger partial charge < -0.3 is 15.0 Å². The Kier molecular flexibility index (Phi) is 6.22. The lowest BCUT2D eigenvalue weighted by atomic mass is 9.97. The fraction of sp³-hybridized carbons (Fsp3) is 0.611. The van der Waals surface area contributed by atoms with Gasteiger partial charge in [-0.05, 0) is 44.0 Å². The van der Waals surface area contributed by atoms with Gasteiger partial charge in [0.25, 0.3) is 0 Å². The minimum absolute atomic E-state index is 0.148. The fourth-order valence-corrected chi connectivity index (χ4v) is 4.01. The molecule has 1 N–H and O–H groups in total. The third-order valence-electron chi connectivity index (χ3n) is 4.53. The molecule has 5 heteroatoms. The number of fused-ring (bicyclic) bond motifs is 1. The largest absolute Gasteiger partial charge is 0.493 e. The van der Waals surface area contributed by atoms with E-state index in [9.17, 15) is 4.79 Å². The van der Waals surface area contributed by atoms with Gasteiger partial charge in [-0.1, -0.05) is 18.2 Å². The quantitative estimate of drug-likeness (QED) is 0.776. The van der Waals surface area contributed by atoms with Gasteiger partial charge in [0.2, 0.25) is 5.91 Å². The van der Waals surface area contributed by atoms with Crippen molar-refractivity contribution in [3.63, 3.8) is 0 Å². The Labute approximate surface area is 143 Å². The number of hydrogen-bond donors (Lipinski definition) is 1. The highest BCUT2D eigenvalue weighted by Gasteiger charge is 2.20. The van der Waals surface area contributed by atoms with Gasteiger partial charge in [0, 0.05) is 24.8 Å². The number of para-hydroxylation sites is 1. The van der Waals surface area contributed by atoms with E-state index in [4.69, 9.17) is 4.74 Å². The van der Waals surface area contributed by atoms with E-state index in [0.29, 0.717) is 24.8 Å². The lowest BCUT2D eigenvalue weighted by Gasteiger charge is -2.25. The number of nitrogens with one attached hydrogen (secondary N) is 1. The third kappa shape index (κ3) is 5.15. The van der Waals surface area contributed by atoms with Gasteiger partial charge in [0.05, 0.1) is 12.4 Å². The van der Waals surface area contributed by atoms with Gasteiger partial charge >= 0.3 is 0 Å². The summed E-state index contributed by atoms with van der Waals surface area (Å²) in [6, 6.07) is 8.17. The zero-order chi connectivity index (χ0) is 15.9. The number of hydrogen-bond acceptors (Lipinski definition) is 4. The summed E-state index contributed by atoms with van der Waals surface area (Å²) in [5.41, 5.74) is 1.25. The molecule has 0 unspecified atom stereocenters. The molecule has 2 heterocycles. The smallest absolute Gasteiger partial charge is 0.230 e. The van der Waals surface area contributed by atoms with Crippen molar-refractivity contribution >= 4 is 17.7 Å². The van der Waals surface area contributed by atoms with Crippen LogP contribution in [0.3, 0.4) is 0 Å². The number of nitrogens with zero attached hydrogens (tertiary/aromatic N) is 1. The van der Waals surface area contributed by atoms with Crippen LogP contribution >= 0.6 is 11.8 Å². The zero-order valence-corrected chi connectivity index (χ0v) is 14.4. The molecule has 3 rings (SSSR count). The third-order valence-corrected chi connectivity index (χ3v) is 5.46. The molecule has 4 nitrogen and oxygen atoms in total. The van der Waals surface area contributed by atoms with Crippen molar-refractivity contribution in [1.29, 1.82) is 0 Å². The standard InChI is InChI=1S/C18H26N2O2S/c21-18(14-23-10-9-20-7-3-4-8-20)19-12-15-11-16-5-1-2-6-17(16)22-13-15/h1-2,5-6,15H,3-4,7-14H2,(H,19,21)/t15-/m1/s1. The average molecular weight is 334 g/mol. The van der Waals surface area contributed by atoms with E-state index in [0.717, 1.165) is 24.5 Å². The molecule has 0 spiro atoms. The van der Waals surface area contributed by atoms with Crippen molar-refractivity contribution in [2.24, 2.45) is 5.92 Å². The van der Waals surface area contributed by atoms with Gasteiger partial charge in [-0.3, -0.25) is 4.79 Å². The van der Waals surface area contributed by atoms with Gasteiger partial charge in [-0.2, -0.15) is 11.8 Å². The van der Waals surface area contributed by atoms with Crippen LogP contribution in [-0.4, -0.2) is 55.1 Å². The molecule has 2 aliphatic rings. The Balaban J connectivity index is 1.29. The monoisotopic (exact) mass is 334 g/mol. The summed E-state index contributed by atoms with van der Waals surface area (Å²) >= 11 is 1.74. The molecule has 23 heavy (non-hydrogen) atoms. The van der Waals surface area contributed by atoms with E-state index in [2.05, 4.69) is 16.3 Å². The first-order valence-corrected chi connectivity index (χ1v) is 9.74. The summed E-state index contributed by atoms with van der Waals surface area (Å²) in [4.78, 5) is 14.4. The van der Waals surface area contributed by atoms with Crippen LogP contribution in [0.4, 0.5) is 0 Å². The second-order valence-corrected chi connectivity index (χ2v) is 7.50. The van der Waals surface area contributed by atoms with E-state index in [1.165, 1.54) is 31.5 Å². The number of likely N-dealkylation sites (tertiary alicyclic amines) is 1. The van der Waals surface area contributed by atoms with Gasteiger partial charge in [0.15, 0.2) is 0 Å². The van der Waals surface area contributed by atoms with E-state index in [1.807, 2.05) is 18.2 Å². The molecule has 2 aliphatic heterocycles. The number of benzene rings is 1. The molecule has 0 bridgehead atoms. The molecule has 1 atom stereocenters. The van der Waals surface area contributed by atoms with E-state index in [1.54, 1.807) is 11.8 Å². The number of carbonyl (C=O) groups is 1. The fourth-order valence-electron chi connectivity index (χ4n) is 3.20. The lowest BCUT2D eigenvalue weighted by molar-refractivity contribution is -0.118. The van der Waals surface area contributed by atoms with Crippen LogP contribution in [0.5, 0.6) is 5.75 Å². The molecule has 0 saturated carbocycles. The number of ether oxygens (including phenoxy) is 1. The average Bonchev–Trinajstić information content (AvgIpc) is 3.10. The Morgan fingerprint density at radius 1 is 1.30 bits per heavy atom. The highest BCUT2D eigenvalue weighted by Crippen LogP contribution is 2.26. The molecule has 126 valence electrons. The van der Waals surface area contributed by atoms with Crippen molar-refractivity contribution in [3.05, 3.63) is 29.8 Å². The van der Waals surface area contributed by atoms with Crippen molar-refractivity contribution < 1.29 is 9.53 Å². The summed E-state index contributed by atoms with van der Waals surface area (Å²) in [6.45, 7) is 4.98. The van der Waals surface area contributed by atoms with Crippen molar-refractivity contribution in [2.75, 3.05) is 44.3 Å². The predicted octanol–water partition coefficient (Wildman–Crippen LogP) is 2.18. The summed E-state index contributed by atoms with van der Waals surface area (Å²) in [6.07, 6.45) is 3.65. The minimum atomic E-state index is 0.148. The zero-order valence-electron chi connectivity index (χ0n) is 13.6. The maximum atomic E-state index is 11.9. The topological polar surface area (TPSA) is 41.6 Å². The number of thioether (sulfide) groups is 1. The first kappa shape index (κ1) is 16.7. The van der Waals surface area contributed by atoms with Crippen LogP contribution in [0.2, 0.25) is 0 Å². The highest BCUT2D eigenvalue weighted by molar-refractivity contribution is 7.99. The van der Waals surface area contributed by atoms with Crippen molar-refractivity contribution in [2.45, 2.75) is 19.3 Å².